The molecule has 168 valence electrons. The molecule has 2 heterocycles. The zero-order valence-electron chi connectivity index (χ0n) is 18.4. The maximum Gasteiger partial charge on any atom is 0.329 e. The maximum atomic E-state index is 14.0. The Hall–Kier alpha value is -3.69. The molecule has 0 unspecified atom stereocenters. The van der Waals surface area contributed by atoms with E-state index in [1.807, 2.05) is 83.9 Å². The van der Waals surface area contributed by atoms with E-state index in [0.29, 0.717) is 5.56 Å². The number of ketones is 1. The largest absolute Gasteiger partial charge is 0.468 e. The summed E-state index contributed by atoms with van der Waals surface area (Å²) in [4.78, 5) is 29.5. The average molecular weight is 513 g/mol. The van der Waals surface area contributed by atoms with Crippen molar-refractivity contribution in [3.8, 4) is 6.07 Å². The summed E-state index contributed by atoms with van der Waals surface area (Å²) in [5.41, 5.74) is 1.35. The Morgan fingerprint density at radius 1 is 1.00 bits per heavy atom. The number of hydrogen-bond donors (Lipinski definition) is 0. The Bertz CT molecular complexity index is 1330. The van der Waals surface area contributed by atoms with Crippen LogP contribution in [0.25, 0.3) is 6.08 Å². The van der Waals surface area contributed by atoms with Gasteiger partial charge in [0.05, 0.1) is 19.2 Å². The van der Waals surface area contributed by atoms with E-state index < -0.39 is 29.4 Å². The molecule has 0 bridgehead atoms. The van der Waals surface area contributed by atoms with E-state index in [1.54, 1.807) is 12.1 Å². The van der Waals surface area contributed by atoms with Crippen molar-refractivity contribution in [2.24, 2.45) is 5.41 Å². The minimum Gasteiger partial charge on any atom is -0.468 e. The van der Waals surface area contributed by atoms with Gasteiger partial charge in [-0.25, -0.2) is 0 Å². The Kier molecular flexibility index (Phi) is 5.59. The Labute approximate surface area is 206 Å². The SMILES string of the molecule is COC(=O)[C@]1(C#N)[C@H](c2ccc(Br)cc2)[C@H](C(=O)c2ccccc2)N2C=Cc3ccccc3[C@H]21. The monoisotopic (exact) mass is 512 g/mol. The van der Waals surface area contributed by atoms with E-state index in [0.717, 1.165) is 21.2 Å². The Morgan fingerprint density at radius 3 is 2.35 bits per heavy atom. The van der Waals surface area contributed by atoms with E-state index >= 15 is 0 Å². The van der Waals surface area contributed by atoms with Gasteiger partial charge in [-0.3, -0.25) is 9.59 Å². The maximum absolute atomic E-state index is 14.0. The third-order valence-electron chi connectivity index (χ3n) is 6.84. The first kappa shape index (κ1) is 22.1. The predicted molar refractivity (Wildman–Crippen MR) is 132 cm³/mol. The smallest absolute Gasteiger partial charge is 0.329 e. The van der Waals surface area contributed by atoms with E-state index in [2.05, 4.69) is 22.0 Å². The van der Waals surface area contributed by atoms with Gasteiger partial charge in [-0.15, -0.1) is 0 Å². The number of nitriles is 1. The first-order chi connectivity index (χ1) is 16.5. The molecular weight excluding hydrogens is 492 g/mol. The summed E-state index contributed by atoms with van der Waals surface area (Å²) in [5, 5.41) is 10.7. The summed E-state index contributed by atoms with van der Waals surface area (Å²) in [6, 6.07) is 25.0. The van der Waals surface area contributed by atoms with Crippen molar-refractivity contribution < 1.29 is 14.3 Å². The van der Waals surface area contributed by atoms with E-state index in [1.165, 1.54) is 7.11 Å². The van der Waals surface area contributed by atoms with Crippen LogP contribution in [0.4, 0.5) is 0 Å². The minimum atomic E-state index is -1.64. The highest BCUT2D eigenvalue weighted by atomic mass is 79.9. The first-order valence-electron chi connectivity index (χ1n) is 10.9. The van der Waals surface area contributed by atoms with Gasteiger partial charge in [0.2, 0.25) is 0 Å². The molecule has 6 heteroatoms. The molecular formula is C28H21BrN2O3. The molecule has 5 rings (SSSR count). The highest BCUT2D eigenvalue weighted by Crippen LogP contribution is 2.60. The molecule has 5 nitrogen and oxygen atoms in total. The van der Waals surface area contributed by atoms with Crippen molar-refractivity contribution in [2.75, 3.05) is 7.11 Å². The molecule has 0 radical (unpaired) electrons. The Morgan fingerprint density at radius 2 is 1.68 bits per heavy atom. The van der Waals surface area contributed by atoms with Gasteiger partial charge >= 0.3 is 5.97 Å². The second kappa shape index (κ2) is 8.58. The fourth-order valence-corrected chi connectivity index (χ4v) is 5.67. The molecule has 2 aliphatic rings. The fraction of sp³-hybridized carbons (Fsp3) is 0.179. The number of fused-ring (bicyclic) bond motifs is 3. The number of hydrogen-bond acceptors (Lipinski definition) is 5. The second-order valence-electron chi connectivity index (χ2n) is 8.47. The number of carbonyl (C=O) groups excluding carboxylic acids is 2. The number of carbonyl (C=O) groups is 2. The third kappa shape index (κ3) is 3.19. The minimum absolute atomic E-state index is 0.149. The number of rotatable bonds is 4. The van der Waals surface area contributed by atoms with E-state index in [4.69, 9.17) is 4.74 Å². The molecule has 4 atom stereocenters. The van der Waals surface area contributed by atoms with Gasteiger partial charge in [-0.2, -0.15) is 5.26 Å². The number of Topliss-reactive ketones (excluding diaryl/α,β-unsaturated/α-hetero) is 1. The fourth-order valence-electron chi connectivity index (χ4n) is 5.41. The van der Waals surface area contributed by atoms with Crippen LogP contribution in [0.3, 0.4) is 0 Å². The highest BCUT2D eigenvalue weighted by molar-refractivity contribution is 9.10. The molecule has 0 saturated carbocycles. The Balaban J connectivity index is 1.81. The van der Waals surface area contributed by atoms with Gasteiger partial charge in [-0.1, -0.05) is 82.7 Å². The van der Waals surface area contributed by atoms with Crippen molar-refractivity contribution in [3.63, 3.8) is 0 Å². The summed E-state index contributed by atoms with van der Waals surface area (Å²) in [6.07, 6.45) is 3.77. The van der Waals surface area contributed by atoms with E-state index in [9.17, 15) is 14.9 Å². The number of ether oxygens (including phenoxy) is 1. The predicted octanol–water partition coefficient (Wildman–Crippen LogP) is 5.51. The van der Waals surface area contributed by atoms with Gasteiger partial charge in [-0.05, 0) is 34.9 Å². The van der Waals surface area contributed by atoms with Crippen molar-refractivity contribution in [1.29, 1.82) is 5.26 Å². The lowest BCUT2D eigenvalue weighted by Gasteiger charge is -2.36. The molecule has 0 N–H and O–H groups in total. The zero-order chi connectivity index (χ0) is 23.9. The number of methoxy groups -OCH3 is 1. The van der Waals surface area contributed by atoms with Crippen LogP contribution in [0, 0.1) is 16.7 Å². The lowest BCUT2D eigenvalue weighted by atomic mass is 9.66. The van der Waals surface area contributed by atoms with Crippen LogP contribution >= 0.6 is 15.9 Å². The molecule has 1 saturated heterocycles. The van der Waals surface area contributed by atoms with Crippen molar-refractivity contribution in [3.05, 3.63) is 112 Å². The van der Waals surface area contributed by atoms with Gasteiger partial charge in [0.25, 0.3) is 0 Å². The second-order valence-corrected chi connectivity index (χ2v) is 9.39. The van der Waals surface area contributed by atoms with Crippen LogP contribution in [-0.4, -0.2) is 29.8 Å². The summed E-state index contributed by atoms with van der Waals surface area (Å²) in [5.74, 6) is -1.55. The molecule has 1 fully saturated rings. The van der Waals surface area contributed by atoms with Crippen LogP contribution in [0.2, 0.25) is 0 Å². The van der Waals surface area contributed by atoms with Crippen LogP contribution in [0.1, 0.15) is 39.0 Å². The number of benzene rings is 3. The lowest BCUT2D eigenvalue weighted by Crippen LogP contribution is -2.41. The van der Waals surface area contributed by atoms with Crippen molar-refractivity contribution in [2.45, 2.75) is 18.0 Å². The number of nitrogens with zero attached hydrogens (tertiary/aromatic N) is 2. The summed E-state index contributed by atoms with van der Waals surface area (Å²) in [6.45, 7) is 0. The number of esters is 1. The highest BCUT2D eigenvalue weighted by Gasteiger charge is 2.67. The molecule has 0 amide bonds. The molecule has 34 heavy (non-hydrogen) atoms. The normalized spacial score (nSPS) is 24.6. The standard InChI is InChI=1S/C28H21BrN2O3/c1-34-27(33)28(17-30)23(19-11-13-21(29)14-12-19)24(25(32)20-8-3-2-4-9-20)31-16-15-18-7-5-6-10-22(18)26(28)31/h2-16,23-24,26H,1H3/t23-,24-,26+,28-/m1/s1. The molecule has 0 spiro atoms. The average Bonchev–Trinajstić information content (AvgIpc) is 3.20. The van der Waals surface area contributed by atoms with Crippen LogP contribution < -0.4 is 0 Å². The molecule has 2 aliphatic heterocycles. The lowest BCUT2D eigenvalue weighted by molar-refractivity contribution is -0.151. The molecule has 0 aromatic heterocycles. The van der Waals surface area contributed by atoms with Crippen LogP contribution in [0.15, 0.2) is 89.5 Å². The van der Waals surface area contributed by atoms with Crippen LogP contribution in [0.5, 0.6) is 0 Å². The van der Waals surface area contributed by atoms with E-state index in [-0.39, 0.29) is 5.78 Å². The van der Waals surface area contributed by atoms with Gasteiger partial charge in [0.1, 0.15) is 6.04 Å². The van der Waals surface area contributed by atoms with Crippen molar-refractivity contribution >= 4 is 33.8 Å². The van der Waals surface area contributed by atoms with Gasteiger partial charge in [0.15, 0.2) is 11.2 Å². The van der Waals surface area contributed by atoms with Crippen molar-refractivity contribution in [1.82, 2.24) is 4.90 Å². The summed E-state index contributed by atoms with van der Waals surface area (Å²) < 4.78 is 6.13. The quantitative estimate of drug-likeness (QED) is 0.340. The van der Waals surface area contributed by atoms with Gasteiger partial charge < -0.3 is 9.64 Å². The van der Waals surface area contributed by atoms with Crippen LogP contribution in [-0.2, 0) is 9.53 Å². The summed E-state index contributed by atoms with van der Waals surface area (Å²) >= 11 is 3.46. The molecule has 3 aromatic rings. The first-order valence-corrected chi connectivity index (χ1v) is 11.7. The zero-order valence-corrected chi connectivity index (χ0v) is 20.0. The molecule has 0 aliphatic carbocycles. The molecule has 3 aromatic carbocycles. The number of halogens is 1. The topological polar surface area (TPSA) is 70.4 Å². The van der Waals surface area contributed by atoms with Gasteiger partial charge in [0, 0.05) is 22.2 Å². The third-order valence-corrected chi connectivity index (χ3v) is 7.37. The summed E-state index contributed by atoms with van der Waals surface area (Å²) in [7, 11) is 1.29.